The quantitative estimate of drug-likeness (QED) is 0.306. The van der Waals surface area contributed by atoms with Gasteiger partial charge in [0.25, 0.3) is 0 Å². The zero-order chi connectivity index (χ0) is 15.4. The van der Waals surface area contributed by atoms with Gasteiger partial charge in [-0.2, -0.15) is 37.9 Å². The average molecular weight is 342 g/mol. The van der Waals surface area contributed by atoms with E-state index in [0.717, 1.165) is 0 Å². The number of ether oxygens (including phenoxy) is 3. The molecule has 1 atom stereocenters. The van der Waals surface area contributed by atoms with Crippen molar-refractivity contribution in [2.75, 3.05) is 30.5 Å². The van der Waals surface area contributed by atoms with Gasteiger partial charge in [0.15, 0.2) is 6.10 Å². The van der Waals surface area contributed by atoms with Gasteiger partial charge in [-0.1, -0.05) is 0 Å². The highest BCUT2D eigenvalue weighted by Gasteiger charge is 2.18. The Hall–Kier alpha value is -0.540. The van der Waals surface area contributed by atoms with Crippen molar-refractivity contribution in [3.05, 3.63) is 0 Å². The smallest absolute Gasteiger partial charge is 0.315 e. The molecule has 0 rings (SSSR count). The Morgan fingerprint density at radius 2 is 1.30 bits per heavy atom. The van der Waals surface area contributed by atoms with Crippen LogP contribution in [-0.4, -0.2) is 54.5 Å². The first-order valence-electron chi connectivity index (χ1n) is 5.86. The van der Waals surface area contributed by atoms with Crippen molar-refractivity contribution in [1.82, 2.24) is 0 Å². The van der Waals surface area contributed by atoms with Gasteiger partial charge < -0.3 is 14.2 Å². The van der Waals surface area contributed by atoms with Crippen LogP contribution in [0.1, 0.15) is 12.8 Å². The Morgan fingerprint density at radius 1 is 0.800 bits per heavy atom. The highest BCUT2D eigenvalue weighted by atomic mass is 32.1. The Morgan fingerprint density at radius 3 is 1.80 bits per heavy atom. The lowest BCUT2D eigenvalue weighted by atomic mass is 10.4. The van der Waals surface area contributed by atoms with Crippen LogP contribution >= 0.6 is 37.9 Å². The maximum Gasteiger partial charge on any atom is 0.315 e. The third-order valence-corrected chi connectivity index (χ3v) is 2.62. The number of hydrogen-bond donors (Lipinski definition) is 3. The van der Waals surface area contributed by atoms with Gasteiger partial charge in [-0.25, -0.2) is 0 Å². The summed E-state index contributed by atoms with van der Waals surface area (Å²) in [5.41, 5.74) is 0. The lowest BCUT2D eigenvalue weighted by Gasteiger charge is -2.17. The van der Waals surface area contributed by atoms with Crippen molar-refractivity contribution in [1.29, 1.82) is 0 Å². The van der Waals surface area contributed by atoms with E-state index < -0.39 is 24.0 Å². The van der Waals surface area contributed by atoms with Crippen LogP contribution in [0.4, 0.5) is 0 Å². The van der Waals surface area contributed by atoms with Crippen LogP contribution in [0.2, 0.25) is 0 Å². The average Bonchev–Trinajstić information content (AvgIpc) is 2.42. The van der Waals surface area contributed by atoms with Crippen molar-refractivity contribution in [2.24, 2.45) is 0 Å². The molecule has 20 heavy (non-hydrogen) atoms. The second-order valence-electron chi connectivity index (χ2n) is 3.58. The molecule has 0 aromatic heterocycles. The Bertz CT molecular complexity index is 323. The number of carbonyl (C=O) groups is 3. The van der Waals surface area contributed by atoms with Gasteiger partial charge in [-0.3, -0.25) is 14.4 Å². The summed E-state index contributed by atoms with van der Waals surface area (Å²) in [7, 11) is 0. The minimum absolute atomic E-state index is 0.0866. The molecule has 0 aliphatic heterocycles. The fourth-order valence-corrected chi connectivity index (χ4v) is 1.49. The van der Waals surface area contributed by atoms with Crippen LogP contribution < -0.4 is 0 Å². The molecular formula is C11H18O6S3. The van der Waals surface area contributed by atoms with Gasteiger partial charge >= 0.3 is 17.9 Å². The summed E-state index contributed by atoms with van der Waals surface area (Å²) in [5.74, 6) is -0.909. The number of rotatable bonds is 10. The number of thiol groups is 3. The fourth-order valence-electron chi connectivity index (χ4n) is 1.03. The van der Waals surface area contributed by atoms with Crippen molar-refractivity contribution in [3.8, 4) is 0 Å². The largest absolute Gasteiger partial charge is 0.462 e. The first-order chi connectivity index (χ1) is 9.53. The van der Waals surface area contributed by atoms with Crippen molar-refractivity contribution >= 4 is 55.8 Å². The van der Waals surface area contributed by atoms with E-state index in [1.165, 1.54) is 0 Å². The minimum atomic E-state index is -0.838. The molecule has 9 heteroatoms. The molecule has 0 aromatic carbocycles. The maximum atomic E-state index is 11.4. The lowest BCUT2D eigenvalue weighted by molar-refractivity contribution is -0.165. The minimum Gasteiger partial charge on any atom is -0.462 e. The molecule has 0 bridgehead atoms. The molecule has 0 radical (unpaired) electrons. The Kier molecular flexibility index (Phi) is 11.9. The van der Waals surface area contributed by atoms with Gasteiger partial charge in [0.2, 0.25) is 0 Å². The lowest BCUT2D eigenvalue weighted by Crippen LogP contribution is -2.31. The molecule has 0 N–H and O–H groups in total. The van der Waals surface area contributed by atoms with Crippen molar-refractivity contribution < 1.29 is 28.6 Å². The van der Waals surface area contributed by atoms with Crippen LogP contribution in [0.15, 0.2) is 0 Å². The molecule has 0 aliphatic carbocycles. The topological polar surface area (TPSA) is 78.9 Å². The van der Waals surface area contributed by atoms with Crippen molar-refractivity contribution in [3.63, 3.8) is 0 Å². The molecule has 0 heterocycles. The zero-order valence-corrected chi connectivity index (χ0v) is 13.5. The molecule has 0 saturated heterocycles. The van der Waals surface area contributed by atoms with Crippen LogP contribution in [0, 0.1) is 0 Å². The van der Waals surface area contributed by atoms with E-state index in [2.05, 4.69) is 37.9 Å². The van der Waals surface area contributed by atoms with Gasteiger partial charge in [0.1, 0.15) is 13.2 Å². The summed E-state index contributed by atoms with van der Waals surface area (Å²) in [5, 5.41) is 0. The molecule has 116 valence electrons. The normalized spacial score (nSPS) is 11.6. The number of esters is 3. The van der Waals surface area contributed by atoms with E-state index >= 15 is 0 Å². The maximum absolute atomic E-state index is 11.4. The summed E-state index contributed by atoms with van der Waals surface area (Å²) in [6.07, 6.45) is -0.572. The molecular weight excluding hydrogens is 324 g/mol. The SMILES string of the molecule is O=C(CS)OCC(COC(=O)CCS)OC(=O)CCS. The van der Waals surface area contributed by atoms with Gasteiger partial charge in [-0.15, -0.1) is 0 Å². The first kappa shape index (κ1) is 19.5. The van der Waals surface area contributed by atoms with Crippen LogP contribution in [0.5, 0.6) is 0 Å². The van der Waals surface area contributed by atoms with E-state index in [-0.39, 0.29) is 31.8 Å². The van der Waals surface area contributed by atoms with E-state index in [1.54, 1.807) is 0 Å². The highest BCUT2D eigenvalue weighted by molar-refractivity contribution is 7.81. The molecule has 0 saturated carbocycles. The van der Waals surface area contributed by atoms with Crippen LogP contribution in [0.25, 0.3) is 0 Å². The van der Waals surface area contributed by atoms with E-state index in [4.69, 9.17) is 14.2 Å². The number of hydrogen-bond acceptors (Lipinski definition) is 9. The summed E-state index contributed by atoms with van der Waals surface area (Å²) < 4.78 is 14.7. The summed E-state index contributed by atoms with van der Waals surface area (Å²) in [4.78, 5) is 33.6. The zero-order valence-electron chi connectivity index (χ0n) is 10.8. The molecule has 0 amide bonds. The molecule has 0 aromatic rings. The highest BCUT2D eigenvalue weighted by Crippen LogP contribution is 2.02. The molecule has 0 fully saturated rings. The Labute approximate surface area is 134 Å². The van der Waals surface area contributed by atoms with Gasteiger partial charge in [0, 0.05) is 11.5 Å². The van der Waals surface area contributed by atoms with Crippen molar-refractivity contribution in [2.45, 2.75) is 18.9 Å². The molecule has 0 aliphatic rings. The van der Waals surface area contributed by atoms with Gasteiger partial charge in [-0.05, 0) is 0 Å². The third kappa shape index (κ3) is 10.3. The first-order valence-corrected chi connectivity index (χ1v) is 7.76. The molecule has 6 nitrogen and oxygen atoms in total. The second kappa shape index (κ2) is 12.2. The second-order valence-corrected chi connectivity index (χ2v) is 4.79. The van der Waals surface area contributed by atoms with E-state index in [9.17, 15) is 14.4 Å². The van der Waals surface area contributed by atoms with E-state index in [0.29, 0.717) is 11.5 Å². The summed E-state index contributed by atoms with van der Waals surface area (Å²) >= 11 is 11.5. The molecule has 1 unspecified atom stereocenters. The summed E-state index contributed by atoms with van der Waals surface area (Å²) in [6.45, 7) is -0.364. The fraction of sp³-hybridized carbons (Fsp3) is 0.727. The van der Waals surface area contributed by atoms with Crippen LogP contribution in [0.3, 0.4) is 0 Å². The Balaban J connectivity index is 4.26. The number of carbonyl (C=O) groups excluding carboxylic acids is 3. The van der Waals surface area contributed by atoms with Gasteiger partial charge in [0.05, 0.1) is 18.6 Å². The third-order valence-electron chi connectivity index (χ3n) is 1.92. The summed E-state index contributed by atoms with van der Waals surface area (Å²) in [6, 6.07) is 0. The van der Waals surface area contributed by atoms with Crippen LogP contribution in [-0.2, 0) is 28.6 Å². The monoisotopic (exact) mass is 342 g/mol. The predicted octanol–water partition coefficient (Wildman–Crippen LogP) is 0.554. The molecule has 0 spiro atoms. The predicted molar refractivity (Wildman–Crippen MR) is 82.6 cm³/mol. The van der Waals surface area contributed by atoms with E-state index in [1.807, 2.05) is 0 Å². The standard InChI is InChI=1S/C11H18O6S3/c12-9(1-3-18)15-5-8(6-16-11(14)7-20)17-10(13)2-4-19/h8,18-20H,1-7H2.